The molecule has 2 rings (SSSR count). The largest absolute Gasteiger partial charge is 0.497 e. The predicted octanol–water partition coefficient (Wildman–Crippen LogP) is 1.69. The molecule has 1 aromatic carbocycles. The van der Waals surface area contributed by atoms with Crippen molar-refractivity contribution in [1.29, 1.82) is 0 Å². The summed E-state index contributed by atoms with van der Waals surface area (Å²) in [4.78, 5) is 24.8. The van der Waals surface area contributed by atoms with Crippen LogP contribution >= 0.6 is 12.6 Å². The third-order valence-corrected chi connectivity index (χ3v) is 3.26. The topological polar surface area (TPSA) is 58.6 Å². The fraction of sp³-hybridized carbons (Fsp3) is 0.385. The van der Waals surface area contributed by atoms with E-state index in [4.69, 9.17) is 4.74 Å². The molecule has 1 atom stereocenters. The normalized spacial score (nSPS) is 18.6. The molecule has 1 aliphatic rings. The minimum Gasteiger partial charge on any atom is -0.497 e. The van der Waals surface area contributed by atoms with E-state index in [-0.39, 0.29) is 17.1 Å². The van der Waals surface area contributed by atoms with Crippen LogP contribution in [0.15, 0.2) is 18.2 Å². The van der Waals surface area contributed by atoms with Gasteiger partial charge in [-0.05, 0) is 12.1 Å². The standard InChI is InChI=1S/C13H16N2O3S/c1-8(16)14-11-4-3-9(18-2)5-12(11)15-7-10(19)6-13(15)17/h3-5,10,19H,6-7H2,1-2H3,(H,14,16). The van der Waals surface area contributed by atoms with E-state index in [0.717, 1.165) is 0 Å². The first-order chi connectivity index (χ1) is 9.01. The molecule has 0 saturated carbocycles. The van der Waals surface area contributed by atoms with Gasteiger partial charge in [0.1, 0.15) is 5.75 Å². The molecule has 1 unspecified atom stereocenters. The molecule has 1 aliphatic heterocycles. The minimum absolute atomic E-state index is 0.000134. The van der Waals surface area contributed by atoms with E-state index < -0.39 is 0 Å². The fourth-order valence-corrected chi connectivity index (χ4v) is 2.40. The van der Waals surface area contributed by atoms with Gasteiger partial charge < -0.3 is 15.0 Å². The lowest BCUT2D eigenvalue weighted by Crippen LogP contribution is -2.26. The lowest BCUT2D eigenvalue weighted by molar-refractivity contribution is -0.117. The van der Waals surface area contributed by atoms with E-state index in [1.54, 1.807) is 30.2 Å². The molecule has 6 heteroatoms. The number of ether oxygens (including phenoxy) is 1. The van der Waals surface area contributed by atoms with E-state index in [1.165, 1.54) is 6.92 Å². The van der Waals surface area contributed by atoms with Crippen LogP contribution in [0.2, 0.25) is 0 Å². The highest BCUT2D eigenvalue weighted by molar-refractivity contribution is 7.81. The van der Waals surface area contributed by atoms with Gasteiger partial charge in [0.2, 0.25) is 11.8 Å². The Morgan fingerprint density at radius 3 is 2.79 bits per heavy atom. The average Bonchev–Trinajstić information content (AvgIpc) is 2.68. The molecular formula is C13H16N2O3S. The average molecular weight is 280 g/mol. The monoisotopic (exact) mass is 280 g/mol. The number of hydrogen-bond donors (Lipinski definition) is 2. The Morgan fingerprint density at radius 2 is 2.26 bits per heavy atom. The highest BCUT2D eigenvalue weighted by atomic mass is 32.1. The molecule has 0 bridgehead atoms. The first-order valence-electron chi connectivity index (χ1n) is 5.95. The molecule has 1 heterocycles. The van der Waals surface area contributed by atoms with Gasteiger partial charge in [-0.15, -0.1) is 0 Å². The zero-order valence-corrected chi connectivity index (χ0v) is 11.7. The SMILES string of the molecule is COc1ccc(NC(C)=O)c(N2CC(S)CC2=O)c1. The Balaban J connectivity index is 2.40. The number of methoxy groups -OCH3 is 1. The zero-order chi connectivity index (χ0) is 14.0. The van der Waals surface area contributed by atoms with Gasteiger partial charge in [-0.25, -0.2) is 0 Å². The number of hydrogen-bond acceptors (Lipinski definition) is 4. The van der Waals surface area contributed by atoms with Crippen LogP contribution < -0.4 is 15.0 Å². The van der Waals surface area contributed by atoms with E-state index >= 15 is 0 Å². The van der Waals surface area contributed by atoms with Crippen LogP contribution in [0.25, 0.3) is 0 Å². The van der Waals surface area contributed by atoms with Crippen molar-refractivity contribution in [1.82, 2.24) is 0 Å². The lowest BCUT2D eigenvalue weighted by Gasteiger charge is -2.20. The number of nitrogens with one attached hydrogen (secondary N) is 1. The zero-order valence-electron chi connectivity index (χ0n) is 10.8. The van der Waals surface area contributed by atoms with Crippen molar-refractivity contribution in [2.24, 2.45) is 0 Å². The maximum Gasteiger partial charge on any atom is 0.228 e. The van der Waals surface area contributed by atoms with Crippen LogP contribution in [0, 0.1) is 0 Å². The van der Waals surface area contributed by atoms with Gasteiger partial charge in [0, 0.05) is 31.2 Å². The summed E-state index contributed by atoms with van der Waals surface area (Å²) in [6.45, 7) is 1.96. The molecule has 102 valence electrons. The van der Waals surface area contributed by atoms with Crippen LogP contribution in [-0.4, -0.2) is 30.7 Å². The van der Waals surface area contributed by atoms with Gasteiger partial charge in [0.15, 0.2) is 0 Å². The third-order valence-electron chi connectivity index (χ3n) is 2.91. The van der Waals surface area contributed by atoms with Crippen molar-refractivity contribution < 1.29 is 14.3 Å². The number of rotatable bonds is 3. The molecule has 0 radical (unpaired) electrons. The van der Waals surface area contributed by atoms with Crippen LogP contribution in [0.5, 0.6) is 5.75 Å². The van der Waals surface area contributed by atoms with Gasteiger partial charge >= 0.3 is 0 Å². The molecule has 5 nitrogen and oxygen atoms in total. The van der Waals surface area contributed by atoms with Crippen molar-refractivity contribution in [2.75, 3.05) is 23.9 Å². The Labute approximate surface area is 117 Å². The number of anilines is 2. The van der Waals surface area contributed by atoms with Crippen molar-refractivity contribution in [3.05, 3.63) is 18.2 Å². The van der Waals surface area contributed by atoms with Gasteiger partial charge in [0.05, 0.1) is 18.5 Å². The lowest BCUT2D eigenvalue weighted by atomic mass is 10.2. The van der Waals surface area contributed by atoms with Crippen molar-refractivity contribution in [2.45, 2.75) is 18.6 Å². The number of thiol groups is 1. The molecule has 0 aromatic heterocycles. The second kappa shape index (κ2) is 5.52. The Hall–Kier alpha value is -1.69. The Morgan fingerprint density at radius 1 is 1.53 bits per heavy atom. The summed E-state index contributed by atoms with van der Waals surface area (Å²) >= 11 is 4.33. The maximum atomic E-state index is 11.9. The van der Waals surface area contributed by atoms with E-state index in [0.29, 0.717) is 30.1 Å². The Kier molecular flexibility index (Phi) is 3.99. The summed E-state index contributed by atoms with van der Waals surface area (Å²) in [6, 6.07) is 5.22. The van der Waals surface area contributed by atoms with Crippen LogP contribution in [0.1, 0.15) is 13.3 Å². The van der Waals surface area contributed by atoms with Crippen LogP contribution in [0.4, 0.5) is 11.4 Å². The molecule has 1 aromatic rings. The first kappa shape index (κ1) is 13.7. The van der Waals surface area contributed by atoms with Gasteiger partial charge in [0.25, 0.3) is 0 Å². The molecule has 0 spiro atoms. The fourth-order valence-electron chi connectivity index (χ4n) is 2.08. The van der Waals surface area contributed by atoms with Crippen molar-refractivity contribution in [3.8, 4) is 5.75 Å². The van der Waals surface area contributed by atoms with Crippen LogP contribution in [0.3, 0.4) is 0 Å². The highest BCUT2D eigenvalue weighted by Crippen LogP contribution is 2.34. The maximum absolute atomic E-state index is 11.9. The van der Waals surface area contributed by atoms with Gasteiger partial charge in [-0.2, -0.15) is 12.6 Å². The van der Waals surface area contributed by atoms with E-state index in [1.807, 2.05) is 0 Å². The molecule has 1 saturated heterocycles. The first-order valence-corrected chi connectivity index (χ1v) is 6.47. The number of benzene rings is 1. The number of carbonyl (C=O) groups is 2. The molecule has 2 amide bonds. The summed E-state index contributed by atoms with van der Waals surface area (Å²) in [6.07, 6.45) is 0.403. The summed E-state index contributed by atoms with van der Waals surface area (Å²) in [7, 11) is 1.56. The summed E-state index contributed by atoms with van der Waals surface area (Å²) in [5.74, 6) is 0.458. The predicted molar refractivity (Wildman–Crippen MR) is 77.0 cm³/mol. The number of carbonyl (C=O) groups excluding carboxylic acids is 2. The van der Waals surface area contributed by atoms with E-state index in [2.05, 4.69) is 17.9 Å². The second-order valence-electron chi connectivity index (χ2n) is 4.43. The van der Waals surface area contributed by atoms with Crippen molar-refractivity contribution in [3.63, 3.8) is 0 Å². The van der Waals surface area contributed by atoms with Gasteiger partial charge in [-0.3, -0.25) is 9.59 Å². The third kappa shape index (κ3) is 3.01. The van der Waals surface area contributed by atoms with Crippen molar-refractivity contribution >= 4 is 35.8 Å². The van der Waals surface area contributed by atoms with Gasteiger partial charge in [-0.1, -0.05) is 0 Å². The number of nitrogens with zero attached hydrogens (tertiary/aromatic N) is 1. The molecule has 19 heavy (non-hydrogen) atoms. The smallest absolute Gasteiger partial charge is 0.228 e. The van der Waals surface area contributed by atoms with E-state index in [9.17, 15) is 9.59 Å². The minimum atomic E-state index is -0.180. The quantitative estimate of drug-likeness (QED) is 0.828. The summed E-state index contributed by atoms with van der Waals surface area (Å²) in [5, 5.41) is 2.74. The molecular weight excluding hydrogens is 264 g/mol. The summed E-state index contributed by atoms with van der Waals surface area (Å²) in [5.41, 5.74) is 1.25. The molecule has 1 N–H and O–H groups in total. The van der Waals surface area contributed by atoms with Crippen LogP contribution in [-0.2, 0) is 9.59 Å². The highest BCUT2D eigenvalue weighted by Gasteiger charge is 2.30. The number of amides is 2. The summed E-state index contributed by atoms with van der Waals surface area (Å²) < 4.78 is 5.17. The second-order valence-corrected chi connectivity index (χ2v) is 5.16. The molecule has 1 fully saturated rings. The Bertz CT molecular complexity index is 519. The molecule has 0 aliphatic carbocycles.